The summed E-state index contributed by atoms with van der Waals surface area (Å²) in [6.45, 7) is 0.993. The fraction of sp³-hybridized carbons (Fsp3) is 0.0909. The fourth-order valence-electron chi connectivity index (χ4n) is 1.22. The summed E-state index contributed by atoms with van der Waals surface area (Å²) < 4.78 is 0. The minimum absolute atomic E-state index is 0.0641. The molecule has 1 amide bonds. The molecule has 0 fully saturated rings. The number of carboxylic acid groups (broad SMARTS) is 1. The fourth-order valence-corrected chi connectivity index (χ4v) is 1.22. The molecule has 94 valence electrons. The Bertz CT molecular complexity index is 549. The van der Waals surface area contributed by atoms with Crippen molar-refractivity contribution in [3.63, 3.8) is 0 Å². The highest BCUT2D eigenvalue weighted by molar-refractivity contribution is 6.40. The van der Waals surface area contributed by atoms with Gasteiger partial charge in [0, 0.05) is 12.5 Å². The number of aldehydes is 1. The van der Waals surface area contributed by atoms with E-state index in [1.165, 1.54) is 0 Å². The molecule has 1 rings (SSSR count). The van der Waals surface area contributed by atoms with Crippen molar-refractivity contribution in [3.8, 4) is 5.75 Å². The topological polar surface area (TPSA) is 121 Å². The Labute approximate surface area is 101 Å². The molecule has 0 saturated heterocycles. The SMILES string of the molecule is CC(=O)C(=O)Nc1c(O)cc(C=O)cc1C(=O)O. The van der Waals surface area contributed by atoms with E-state index in [9.17, 15) is 24.3 Å². The summed E-state index contributed by atoms with van der Waals surface area (Å²) in [6.07, 6.45) is 0.350. The zero-order valence-corrected chi connectivity index (χ0v) is 9.26. The molecule has 0 radical (unpaired) electrons. The van der Waals surface area contributed by atoms with Gasteiger partial charge >= 0.3 is 5.97 Å². The van der Waals surface area contributed by atoms with Gasteiger partial charge in [0.1, 0.15) is 12.0 Å². The van der Waals surface area contributed by atoms with E-state index in [0.29, 0.717) is 6.29 Å². The van der Waals surface area contributed by atoms with Gasteiger partial charge in [-0.05, 0) is 12.1 Å². The molecule has 0 saturated carbocycles. The van der Waals surface area contributed by atoms with Crippen LogP contribution in [0.25, 0.3) is 0 Å². The summed E-state index contributed by atoms with van der Waals surface area (Å²) in [5, 5.41) is 20.4. The highest BCUT2D eigenvalue weighted by Crippen LogP contribution is 2.29. The summed E-state index contributed by atoms with van der Waals surface area (Å²) in [5.74, 6) is -3.96. The lowest BCUT2D eigenvalue weighted by atomic mass is 10.1. The second-order valence-electron chi connectivity index (χ2n) is 3.40. The van der Waals surface area contributed by atoms with Crippen LogP contribution in [0.4, 0.5) is 5.69 Å². The lowest BCUT2D eigenvalue weighted by Gasteiger charge is -2.09. The van der Waals surface area contributed by atoms with Crippen molar-refractivity contribution in [2.75, 3.05) is 5.32 Å². The van der Waals surface area contributed by atoms with Crippen LogP contribution >= 0.6 is 0 Å². The molecular weight excluding hydrogens is 242 g/mol. The van der Waals surface area contributed by atoms with Crippen LogP contribution in [0.2, 0.25) is 0 Å². The molecule has 0 aromatic heterocycles. The number of aromatic carboxylic acids is 1. The number of phenols is 1. The minimum Gasteiger partial charge on any atom is -0.506 e. The number of Topliss-reactive ketones (excluding diaryl/α,β-unsaturated/α-hetero) is 1. The number of carboxylic acids is 1. The Balaban J connectivity index is 3.33. The molecule has 0 heterocycles. The van der Waals surface area contributed by atoms with Crippen LogP contribution < -0.4 is 5.32 Å². The van der Waals surface area contributed by atoms with Gasteiger partial charge in [-0.3, -0.25) is 14.4 Å². The quantitative estimate of drug-likeness (QED) is 0.405. The van der Waals surface area contributed by atoms with Crippen LogP contribution in [-0.2, 0) is 9.59 Å². The van der Waals surface area contributed by atoms with Crippen molar-refractivity contribution in [3.05, 3.63) is 23.3 Å². The Morgan fingerprint density at radius 3 is 2.33 bits per heavy atom. The van der Waals surface area contributed by atoms with Gasteiger partial charge in [0.15, 0.2) is 0 Å². The maximum Gasteiger partial charge on any atom is 0.337 e. The molecule has 0 aliphatic carbocycles. The monoisotopic (exact) mass is 251 g/mol. The first-order valence-corrected chi connectivity index (χ1v) is 4.74. The number of phenolic OH excluding ortho intramolecular Hbond substituents is 1. The van der Waals surface area contributed by atoms with Gasteiger partial charge in [0.2, 0.25) is 5.78 Å². The van der Waals surface area contributed by atoms with Crippen molar-refractivity contribution >= 4 is 29.6 Å². The smallest absolute Gasteiger partial charge is 0.337 e. The first kappa shape index (κ1) is 13.4. The molecule has 0 atom stereocenters. The second kappa shape index (κ2) is 5.09. The number of rotatable bonds is 4. The maximum atomic E-state index is 11.2. The Hall–Kier alpha value is -2.70. The molecule has 3 N–H and O–H groups in total. The zero-order valence-electron chi connectivity index (χ0n) is 9.26. The number of benzene rings is 1. The number of hydrogen-bond acceptors (Lipinski definition) is 5. The molecule has 1 aromatic carbocycles. The summed E-state index contributed by atoms with van der Waals surface area (Å²) in [5.41, 5.74) is -0.967. The van der Waals surface area contributed by atoms with Crippen LogP contribution in [0, 0.1) is 0 Å². The first-order chi connectivity index (χ1) is 8.36. The Morgan fingerprint density at radius 2 is 1.89 bits per heavy atom. The van der Waals surface area contributed by atoms with E-state index >= 15 is 0 Å². The van der Waals surface area contributed by atoms with Gasteiger partial charge in [0.05, 0.1) is 11.3 Å². The number of ketones is 1. The van der Waals surface area contributed by atoms with Gasteiger partial charge in [-0.15, -0.1) is 0 Å². The molecule has 0 aliphatic rings. The van der Waals surface area contributed by atoms with E-state index in [-0.39, 0.29) is 5.56 Å². The van der Waals surface area contributed by atoms with Crippen LogP contribution in [0.15, 0.2) is 12.1 Å². The predicted molar refractivity (Wildman–Crippen MR) is 59.8 cm³/mol. The average molecular weight is 251 g/mol. The van der Waals surface area contributed by atoms with Gasteiger partial charge in [-0.25, -0.2) is 4.79 Å². The maximum absolute atomic E-state index is 11.2. The number of hydrogen-bond donors (Lipinski definition) is 3. The first-order valence-electron chi connectivity index (χ1n) is 4.74. The zero-order chi connectivity index (χ0) is 13.9. The predicted octanol–water partition coefficient (Wildman–Crippen LogP) is 0.430. The molecular formula is C11H9NO6. The van der Waals surface area contributed by atoms with Crippen molar-refractivity contribution in [1.82, 2.24) is 0 Å². The summed E-state index contributed by atoms with van der Waals surface area (Å²) in [6, 6.07) is 1.96. The van der Waals surface area contributed by atoms with E-state index in [2.05, 4.69) is 0 Å². The van der Waals surface area contributed by atoms with Crippen LogP contribution in [-0.4, -0.2) is 34.2 Å². The van der Waals surface area contributed by atoms with Gasteiger partial charge in [-0.2, -0.15) is 0 Å². The highest BCUT2D eigenvalue weighted by Gasteiger charge is 2.19. The van der Waals surface area contributed by atoms with E-state index in [1.54, 1.807) is 0 Å². The molecule has 0 aliphatic heterocycles. The molecule has 0 bridgehead atoms. The third-order valence-electron chi connectivity index (χ3n) is 2.06. The standard InChI is InChI=1S/C11H9NO6/c1-5(14)10(16)12-9-7(11(17)18)2-6(4-13)3-8(9)15/h2-4,15H,1H3,(H,12,16)(H,17,18). The largest absolute Gasteiger partial charge is 0.506 e. The number of nitrogens with one attached hydrogen (secondary N) is 1. The van der Waals surface area contributed by atoms with E-state index in [0.717, 1.165) is 19.1 Å². The third-order valence-corrected chi connectivity index (χ3v) is 2.06. The third kappa shape index (κ3) is 2.70. The van der Waals surface area contributed by atoms with Crippen molar-refractivity contribution in [2.45, 2.75) is 6.92 Å². The Kier molecular flexibility index (Phi) is 3.78. The molecule has 1 aromatic rings. The highest BCUT2D eigenvalue weighted by atomic mass is 16.4. The van der Waals surface area contributed by atoms with Crippen LogP contribution in [0.5, 0.6) is 5.75 Å². The van der Waals surface area contributed by atoms with Gasteiger partial charge < -0.3 is 15.5 Å². The molecule has 0 spiro atoms. The van der Waals surface area contributed by atoms with Crippen molar-refractivity contribution in [2.24, 2.45) is 0 Å². The lowest BCUT2D eigenvalue weighted by molar-refractivity contribution is -0.133. The number of carbonyl (C=O) groups is 4. The minimum atomic E-state index is -1.45. The number of amides is 1. The normalized spacial score (nSPS) is 9.61. The molecule has 0 unspecified atom stereocenters. The van der Waals surface area contributed by atoms with Gasteiger partial charge in [0.25, 0.3) is 5.91 Å². The number of aromatic hydroxyl groups is 1. The van der Waals surface area contributed by atoms with E-state index < -0.39 is 34.7 Å². The summed E-state index contributed by atoms with van der Waals surface area (Å²) >= 11 is 0. The van der Waals surface area contributed by atoms with Crippen molar-refractivity contribution < 1.29 is 29.4 Å². The Morgan fingerprint density at radius 1 is 1.28 bits per heavy atom. The van der Waals surface area contributed by atoms with Crippen LogP contribution in [0.3, 0.4) is 0 Å². The average Bonchev–Trinajstić information content (AvgIpc) is 2.30. The van der Waals surface area contributed by atoms with Crippen LogP contribution in [0.1, 0.15) is 27.6 Å². The molecule has 7 heteroatoms. The van der Waals surface area contributed by atoms with E-state index in [4.69, 9.17) is 5.11 Å². The number of anilines is 1. The lowest BCUT2D eigenvalue weighted by Crippen LogP contribution is -2.21. The molecule has 7 nitrogen and oxygen atoms in total. The molecule has 18 heavy (non-hydrogen) atoms. The summed E-state index contributed by atoms with van der Waals surface area (Å²) in [7, 11) is 0. The second-order valence-corrected chi connectivity index (χ2v) is 3.40. The van der Waals surface area contributed by atoms with Gasteiger partial charge in [-0.1, -0.05) is 0 Å². The van der Waals surface area contributed by atoms with E-state index in [1.807, 2.05) is 5.32 Å². The van der Waals surface area contributed by atoms with Crippen molar-refractivity contribution in [1.29, 1.82) is 0 Å². The number of carbonyl (C=O) groups excluding carboxylic acids is 3. The summed E-state index contributed by atoms with van der Waals surface area (Å²) in [4.78, 5) is 43.4.